The topological polar surface area (TPSA) is 52.6 Å². The number of carbonyl (C=O) groups excluding carboxylic acids is 2. The fraction of sp³-hybridized carbons (Fsp3) is 0.545. The van der Waals surface area contributed by atoms with Gasteiger partial charge < -0.3 is 9.47 Å². The number of ether oxygens (including phenoxy) is 2. The molecule has 1 saturated carbocycles. The molecule has 0 aromatic heterocycles. The highest BCUT2D eigenvalue weighted by molar-refractivity contribution is 6.15. The van der Waals surface area contributed by atoms with E-state index in [0.717, 1.165) is 18.4 Å². The van der Waals surface area contributed by atoms with Crippen LogP contribution in [0, 0.1) is 23.7 Å². The van der Waals surface area contributed by atoms with Crippen molar-refractivity contribution in [3.05, 3.63) is 47.6 Å². The summed E-state index contributed by atoms with van der Waals surface area (Å²) in [6.07, 6.45) is 14.2. The molecule has 0 bridgehead atoms. The minimum atomic E-state index is -0.558. The molecular weight excluding hydrogens is 328 g/mol. The van der Waals surface area contributed by atoms with E-state index in [-0.39, 0.29) is 35.5 Å². The van der Waals surface area contributed by atoms with Gasteiger partial charge in [-0.05, 0) is 63.9 Å². The predicted molar refractivity (Wildman–Crippen MR) is 100 cm³/mol. The average Bonchev–Trinajstić information content (AvgIpc) is 2.89. The van der Waals surface area contributed by atoms with Crippen LogP contribution in [-0.4, -0.2) is 24.1 Å². The zero-order chi connectivity index (χ0) is 18.8. The van der Waals surface area contributed by atoms with Gasteiger partial charge in [0.2, 0.25) is 0 Å². The van der Waals surface area contributed by atoms with Crippen LogP contribution < -0.4 is 0 Å². The van der Waals surface area contributed by atoms with Crippen molar-refractivity contribution < 1.29 is 19.1 Å². The summed E-state index contributed by atoms with van der Waals surface area (Å²) >= 11 is 0. The fourth-order valence-electron chi connectivity index (χ4n) is 4.38. The monoisotopic (exact) mass is 356 g/mol. The Hall–Kier alpha value is -2.10. The van der Waals surface area contributed by atoms with Gasteiger partial charge in [0.25, 0.3) is 0 Å². The van der Waals surface area contributed by atoms with E-state index in [1.807, 2.05) is 6.08 Å². The number of hydrogen-bond acceptors (Lipinski definition) is 4. The molecule has 4 unspecified atom stereocenters. The first-order chi connectivity index (χ1) is 12.4. The van der Waals surface area contributed by atoms with Gasteiger partial charge in [-0.1, -0.05) is 36.5 Å². The molecule has 4 nitrogen and oxygen atoms in total. The van der Waals surface area contributed by atoms with E-state index in [1.165, 1.54) is 0 Å². The summed E-state index contributed by atoms with van der Waals surface area (Å²) in [4.78, 5) is 25.7. The van der Waals surface area contributed by atoms with Crippen molar-refractivity contribution in [2.75, 3.05) is 0 Å². The van der Waals surface area contributed by atoms with Gasteiger partial charge in [0.15, 0.2) is 0 Å². The van der Waals surface area contributed by atoms with Crippen molar-refractivity contribution in [3.63, 3.8) is 0 Å². The van der Waals surface area contributed by atoms with Gasteiger partial charge in [0.05, 0.1) is 12.2 Å². The summed E-state index contributed by atoms with van der Waals surface area (Å²) in [5, 5.41) is 0. The predicted octanol–water partition coefficient (Wildman–Crippen LogP) is 4.14. The molecule has 4 heteroatoms. The zero-order valence-electron chi connectivity index (χ0n) is 16.0. The molecule has 0 aromatic carbocycles. The van der Waals surface area contributed by atoms with Crippen LogP contribution in [0.2, 0.25) is 0 Å². The van der Waals surface area contributed by atoms with Crippen LogP contribution in [-0.2, 0) is 19.1 Å². The van der Waals surface area contributed by atoms with Crippen molar-refractivity contribution >= 4 is 11.9 Å². The number of allylic oxidation sites excluding steroid dienone is 7. The number of hydrogen-bond donors (Lipinski definition) is 0. The van der Waals surface area contributed by atoms with E-state index < -0.39 is 11.9 Å². The molecule has 1 fully saturated rings. The molecule has 0 aromatic rings. The van der Waals surface area contributed by atoms with Gasteiger partial charge in [-0.2, -0.15) is 0 Å². The summed E-state index contributed by atoms with van der Waals surface area (Å²) in [6.45, 7) is 7.17. The highest BCUT2D eigenvalue weighted by Crippen LogP contribution is 2.53. The highest BCUT2D eigenvalue weighted by atomic mass is 16.6. The fourth-order valence-corrected chi connectivity index (χ4v) is 4.38. The Morgan fingerprint density at radius 3 is 2.15 bits per heavy atom. The van der Waals surface area contributed by atoms with Crippen molar-refractivity contribution in [2.45, 2.75) is 52.7 Å². The maximum absolute atomic E-state index is 12.9. The van der Waals surface area contributed by atoms with E-state index in [2.05, 4.69) is 30.4 Å². The van der Waals surface area contributed by atoms with E-state index >= 15 is 0 Å². The van der Waals surface area contributed by atoms with E-state index in [0.29, 0.717) is 5.92 Å². The Balaban J connectivity index is 2.11. The Labute approximate surface area is 155 Å². The lowest BCUT2D eigenvalue weighted by Gasteiger charge is -2.24. The van der Waals surface area contributed by atoms with Crippen LogP contribution >= 0.6 is 0 Å². The van der Waals surface area contributed by atoms with Gasteiger partial charge >= 0.3 is 11.9 Å². The maximum Gasteiger partial charge on any atom is 0.345 e. The van der Waals surface area contributed by atoms with E-state index in [1.54, 1.807) is 27.7 Å². The van der Waals surface area contributed by atoms with Gasteiger partial charge in [0.1, 0.15) is 5.57 Å². The quantitative estimate of drug-likeness (QED) is 0.250. The van der Waals surface area contributed by atoms with Crippen LogP contribution in [0.25, 0.3) is 0 Å². The highest BCUT2D eigenvalue weighted by Gasteiger charge is 2.48. The van der Waals surface area contributed by atoms with Gasteiger partial charge in [0, 0.05) is 5.92 Å². The first-order valence-corrected chi connectivity index (χ1v) is 9.57. The van der Waals surface area contributed by atoms with Crippen LogP contribution in [0.3, 0.4) is 0 Å². The molecule has 0 spiro atoms. The number of fused-ring (bicyclic) bond motifs is 3. The van der Waals surface area contributed by atoms with Gasteiger partial charge in [-0.25, -0.2) is 9.59 Å². The molecular formula is C22H28O4. The Kier molecular flexibility index (Phi) is 5.49. The molecule has 0 amide bonds. The second kappa shape index (κ2) is 7.65. The molecule has 3 rings (SSSR count). The lowest BCUT2D eigenvalue weighted by Crippen LogP contribution is -2.27. The molecule has 3 aliphatic rings. The molecule has 0 saturated heterocycles. The van der Waals surface area contributed by atoms with Gasteiger partial charge in [-0.3, -0.25) is 0 Å². The van der Waals surface area contributed by atoms with E-state index in [9.17, 15) is 9.59 Å². The number of rotatable bonds is 4. The molecule has 140 valence electrons. The SMILES string of the molecule is CC(C)OC(=O)C(C(=O)OC(C)C)=C1C2C=CC=CC2C2C=CCCC12. The van der Waals surface area contributed by atoms with E-state index in [4.69, 9.17) is 9.47 Å². The molecule has 26 heavy (non-hydrogen) atoms. The third-order valence-corrected chi connectivity index (χ3v) is 5.23. The minimum absolute atomic E-state index is 0.0483. The van der Waals surface area contributed by atoms with Crippen molar-refractivity contribution in [2.24, 2.45) is 23.7 Å². The normalized spacial score (nSPS) is 28.9. The summed E-state index contributed by atoms with van der Waals surface area (Å²) in [5.41, 5.74) is 1.02. The smallest absolute Gasteiger partial charge is 0.345 e. The van der Waals surface area contributed by atoms with Crippen LogP contribution in [0.15, 0.2) is 47.6 Å². The first kappa shape index (κ1) is 18.7. The second-order valence-electron chi connectivity index (χ2n) is 7.80. The molecule has 4 atom stereocenters. The maximum atomic E-state index is 12.9. The summed E-state index contributed by atoms with van der Waals surface area (Å²) < 4.78 is 10.9. The number of carbonyl (C=O) groups is 2. The largest absolute Gasteiger partial charge is 0.459 e. The third-order valence-electron chi connectivity index (χ3n) is 5.23. The lowest BCUT2D eigenvalue weighted by atomic mass is 9.80. The number of esters is 2. The zero-order valence-corrected chi connectivity index (χ0v) is 16.0. The van der Waals surface area contributed by atoms with Crippen molar-refractivity contribution in [3.8, 4) is 0 Å². The van der Waals surface area contributed by atoms with Crippen LogP contribution in [0.1, 0.15) is 40.5 Å². The Morgan fingerprint density at radius 1 is 0.923 bits per heavy atom. The minimum Gasteiger partial charge on any atom is -0.459 e. The summed E-state index contributed by atoms with van der Waals surface area (Å²) in [7, 11) is 0. The molecule has 0 heterocycles. The molecule has 0 radical (unpaired) electrons. The van der Waals surface area contributed by atoms with Crippen LogP contribution in [0.4, 0.5) is 0 Å². The molecule has 0 aliphatic heterocycles. The van der Waals surface area contributed by atoms with Crippen molar-refractivity contribution in [1.82, 2.24) is 0 Å². The Morgan fingerprint density at radius 2 is 1.54 bits per heavy atom. The third kappa shape index (κ3) is 3.55. The molecule has 0 N–H and O–H groups in total. The second-order valence-corrected chi connectivity index (χ2v) is 7.80. The summed E-state index contributed by atoms with van der Waals surface area (Å²) in [6, 6.07) is 0. The van der Waals surface area contributed by atoms with Crippen molar-refractivity contribution in [1.29, 1.82) is 0 Å². The van der Waals surface area contributed by atoms with Gasteiger partial charge in [-0.15, -0.1) is 0 Å². The first-order valence-electron chi connectivity index (χ1n) is 9.57. The Bertz CT molecular complexity index is 669. The lowest BCUT2D eigenvalue weighted by molar-refractivity contribution is -0.151. The molecule has 3 aliphatic carbocycles. The summed E-state index contributed by atoms with van der Waals surface area (Å²) in [5.74, 6) is -0.289. The average molecular weight is 356 g/mol. The standard InChI is InChI=1S/C22H28O4/c1-13(2)25-21(23)20(22(24)26-14(3)4)19-17-11-7-5-9-15(17)16-10-6-8-12-18(16)19/h5-7,9-11,13-18H,8,12H2,1-4H3. The van der Waals surface area contributed by atoms with Crippen LogP contribution in [0.5, 0.6) is 0 Å².